The van der Waals surface area contributed by atoms with Crippen LogP contribution in [0.25, 0.3) is 0 Å². The Balaban J connectivity index is 1.43. The highest BCUT2D eigenvalue weighted by atomic mass is 16.6. The predicted molar refractivity (Wildman–Crippen MR) is 123 cm³/mol. The molecule has 0 aromatic heterocycles. The molecule has 164 valence electrons. The summed E-state index contributed by atoms with van der Waals surface area (Å²) in [6.07, 6.45) is 2.06. The highest BCUT2D eigenvalue weighted by Gasteiger charge is 2.24. The number of piperazine rings is 1. The van der Waals surface area contributed by atoms with Crippen LogP contribution in [0.15, 0.2) is 42.5 Å². The first-order valence-corrected chi connectivity index (χ1v) is 11.0. The molecule has 0 atom stereocenters. The van der Waals surface area contributed by atoms with E-state index >= 15 is 0 Å². The molecule has 2 heterocycles. The average molecular weight is 424 g/mol. The van der Waals surface area contributed by atoms with Gasteiger partial charge in [-0.25, -0.2) is 0 Å². The molecule has 0 unspecified atom stereocenters. The minimum absolute atomic E-state index is 0.0175. The fraction of sp³-hybridized carbons (Fsp3) is 0.435. The van der Waals surface area contributed by atoms with E-state index in [0.29, 0.717) is 11.4 Å². The fourth-order valence-corrected chi connectivity index (χ4v) is 4.32. The summed E-state index contributed by atoms with van der Waals surface area (Å²) in [6, 6.07) is 12.5. The Hall–Kier alpha value is -3.13. The maximum absolute atomic E-state index is 12.7. The van der Waals surface area contributed by atoms with Crippen molar-refractivity contribution < 1.29 is 9.72 Å². The molecule has 1 N–H and O–H groups in total. The van der Waals surface area contributed by atoms with Gasteiger partial charge in [-0.15, -0.1) is 0 Å². The molecule has 4 rings (SSSR count). The lowest BCUT2D eigenvalue weighted by molar-refractivity contribution is -0.384. The molecule has 2 aliphatic rings. The van der Waals surface area contributed by atoms with Crippen LogP contribution >= 0.6 is 0 Å². The minimum atomic E-state index is -0.405. The topological polar surface area (TPSA) is 82.0 Å². The Bertz CT molecular complexity index is 933. The molecule has 2 aromatic rings. The van der Waals surface area contributed by atoms with Crippen molar-refractivity contribution in [2.24, 2.45) is 0 Å². The summed E-state index contributed by atoms with van der Waals surface area (Å²) in [5.41, 5.74) is 2.67. The molecule has 2 aromatic carbocycles. The summed E-state index contributed by atoms with van der Waals surface area (Å²) >= 11 is 0. The molecule has 0 spiro atoms. The molecular formula is C23H29N5O3. The lowest BCUT2D eigenvalue weighted by Crippen LogP contribution is -2.46. The van der Waals surface area contributed by atoms with Crippen molar-refractivity contribution in [1.29, 1.82) is 0 Å². The number of rotatable bonds is 6. The Labute approximate surface area is 182 Å². The second-order valence-electron chi connectivity index (χ2n) is 8.08. The van der Waals surface area contributed by atoms with Gasteiger partial charge in [-0.05, 0) is 55.8 Å². The number of nitro benzene ring substituents is 1. The number of nitrogens with zero attached hydrogens (tertiary/aromatic N) is 4. The molecule has 2 fully saturated rings. The normalized spacial score (nSPS) is 17.1. The van der Waals surface area contributed by atoms with Gasteiger partial charge in [0, 0.05) is 62.3 Å². The molecule has 8 nitrogen and oxygen atoms in total. The Morgan fingerprint density at radius 3 is 2.26 bits per heavy atom. The van der Waals surface area contributed by atoms with Crippen molar-refractivity contribution in [3.63, 3.8) is 0 Å². The summed E-state index contributed by atoms with van der Waals surface area (Å²) in [5.74, 6) is -0.347. The van der Waals surface area contributed by atoms with E-state index in [2.05, 4.69) is 22.0 Å². The largest absolute Gasteiger partial charge is 0.369 e. The fourth-order valence-electron chi connectivity index (χ4n) is 4.32. The summed E-state index contributed by atoms with van der Waals surface area (Å²) in [7, 11) is 0. The van der Waals surface area contributed by atoms with Crippen molar-refractivity contribution in [2.45, 2.75) is 19.8 Å². The summed E-state index contributed by atoms with van der Waals surface area (Å²) < 4.78 is 0. The predicted octanol–water partition coefficient (Wildman–Crippen LogP) is 3.59. The molecule has 0 aliphatic carbocycles. The second kappa shape index (κ2) is 9.34. The van der Waals surface area contributed by atoms with Crippen molar-refractivity contribution in [3.05, 3.63) is 58.1 Å². The van der Waals surface area contributed by atoms with Crippen molar-refractivity contribution in [1.82, 2.24) is 4.90 Å². The maximum Gasteiger partial charge on any atom is 0.293 e. The van der Waals surface area contributed by atoms with Gasteiger partial charge in [-0.1, -0.05) is 6.92 Å². The number of nitrogens with one attached hydrogen (secondary N) is 1. The minimum Gasteiger partial charge on any atom is -0.369 e. The van der Waals surface area contributed by atoms with Gasteiger partial charge in [0.1, 0.15) is 5.69 Å². The molecule has 8 heteroatoms. The second-order valence-corrected chi connectivity index (χ2v) is 8.08. The molecular weight excluding hydrogens is 394 g/mol. The molecule has 1 amide bonds. The van der Waals surface area contributed by atoms with E-state index in [4.69, 9.17) is 0 Å². The van der Waals surface area contributed by atoms with Gasteiger partial charge in [-0.2, -0.15) is 0 Å². The smallest absolute Gasteiger partial charge is 0.293 e. The number of carbonyl (C=O) groups is 1. The van der Waals surface area contributed by atoms with Gasteiger partial charge in [0.2, 0.25) is 0 Å². The van der Waals surface area contributed by atoms with Crippen molar-refractivity contribution in [3.8, 4) is 0 Å². The van der Waals surface area contributed by atoms with E-state index in [0.717, 1.165) is 64.3 Å². The van der Waals surface area contributed by atoms with Crippen LogP contribution in [0, 0.1) is 10.1 Å². The number of benzene rings is 2. The summed E-state index contributed by atoms with van der Waals surface area (Å²) in [5, 5.41) is 14.4. The summed E-state index contributed by atoms with van der Waals surface area (Å²) in [6.45, 7) is 8.98. The first-order chi connectivity index (χ1) is 15.0. The van der Waals surface area contributed by atoms with E-state index in [1.165, 1.54) is 6.07 Å². The third-order valence-electron chi connectivity index (χ3n) is 6.19. The van der Waals surface area contributed by atoms with Gasteiger partial charge >= 0.3 is 0 Å². The Kier molecular flexibility index (Phi) is 6.36. The summed E-state index contributed by atoms with van der Waals surface area (Å²) in [4.78, 5) is 30.7. The van der Waals surface area contributed by atoms with Crippen LogP contribution in [0.5, 0.6) is 0 Å². The standard InChI is InChI=1S/C23H29N5O3/c1-2-25-13-15-26(16-14-25)20-8-6-19(7-9-20)24-23(29)18-5-10-21(22(17-18)28(30)31)27-11-3-4-12-27/h5-10,17H,2-4,11-16H2,1H3,(H,24,29). The monoisotopic (exact) mass is 423 g/mol. The van der Waals surface area contributed by atoms with Gasteiger partial charge in [0.25, 0.3) is 11.6 Å². The van der Waals surface area contributed by atoms with E-state index in [-0.39, 0.29) is 17.2 Å². The number of amides is 1. The van der Waals surface area contributed by atoms with Gasteiger partial charge in [0.05, 0.1) is 4.92 Å². The molecule has 0 saturated carbocycles. The molecule has 2 saturated heterocycles. The highest BCUT2D eigenvalue weighted by molar-refractivity contribution is 6.05. The number of carbonyl (C=O) groups excluding carboxylic acids is 1. The van der Waals surface area contributed by atoms with E-state index in [1.807, 2.05) is 29.2 Å². The number of nitro groups is 1. The van der Waals surface area contributed by atoms with E-state index in [9.17, 15) is 14.9 Å². The van der Waals surface area contributed by atoms with Crippen LogP contribution in [-0.4, -0.2) is 61.5 Å². The lowest BCUT2D eigenvalue weighted by atomic mass is 10.1. The number of anilines is 3. The van der Waals surface area contributed by atoms with Gasteiger partial charge in [-0.3, -0.25) is 14.9 Å². The third kappa shape index (κ3) is 4.80. The zero-order valence-electron chi connectivity index (χ0n) is 17.9. The first kappa shape index (κ1) is 21.1. The van der Waals surface area contributed by atoms with Crippen LogP contribution in [0.4, 0.5) is 22.7 Å². The zero-order chi connectivity index (χ0) is 21.8. The maximum atomic E-state index is 12.7. The van der Waals surface area contributed by atoms with Gasteiger partial charge in [0.15, 0.2) is 0 Å². The van der Waals surface area contributed by atoms with Crippen LogP contribution < -0.4 is 15.1 Å². The SMILES string of the molecule is CCN1CCN(c2ccc(NC(=O)c3ccc(N4CCCC4)c([N+](=O)[O-])c3)cc2)CC1. The van der Waals surface area contributed by atoms with Crippen molar-refractivity contribution >= 4 is 28.7 Å². The number of likely N-dealkylation sites (N-methyl/N-ethyl adjacent to an activating group) is 1. The van der Waals surface area contributed by atoms with Crippen molar-refractivity contribution in [2.75, 3.05) is 60.9 Å². The lowest BCUT2D eigenvalue weighted by Gasteiger charge is -2.35. The molecule has 0 bridgehead atoms. The Morgan fingerprint density at radius 2 is 1.65 bits per heavy atom. The molecule has 31 heavy (non-hydrogen) atoms. The Morgan fingerprint density at radius 1 is 0.968 bits per heavy atom. The number of hydrogen-bond acceptors (Lipinski definition) is 6. The quantitative estimate of drug-likeness (QED) is 0.565. The van der Waals surface area contributed by atoms with Crippen LogP contribution in [0.2, 0.25) is 0 Å². The number of hydrogen-bond donors (Lipinski definition) is 1. The average Bonchev–Trinajstić information content (AvgIpc) is 3.34. The van der Waals surface area contributed by atoms with E-state index < -0.39 is 4.92 Å². The third-order valence-corrected chi connectivity index (χ3v) is 6.19. The molecule has 0 radical (unpaired) electrons. The van der Waals surface area contributed by atoms with Crippen LogP contribution in [-0.2, 0) is 0 Å². The highest BCUT2D eigenvalue weighted by Crippen LogP contribution is 2.32. The van der Waals surface area contributed by atoms with E-state index in [1.54, 1.807) is 12.1 Å². The first-order valence-electron chi connectivity index (χ1n) is 11.0. The molecule has 2 aliphatic heterocycles. The van der Waals surface area contributed by atoms with Crippen LogP contribution in [0.3, 0.4) is 0 Å². The van der Waals surface area contributed by atoms with Gasteiger partial charge < -0.3 is 20.0 Å². The van der Waals surface area contributed by atoms with Crippen LogP contribution in [0.1, 0.15) is 30.1 Å². The zero-order valence-corrected chi connectivity index (χ0v) is 17.9.